The molecule has 0 aliphatic heterocycles. The van der Waals surface area contributed by atoms with Gasteiger partial charge in [-0.3, -0.25) is 0 Å². The minimum absolute atomic E-state index is 0.0501. The average molecular weight is 1210 g/mol. The van der Waals surface area contributed by atoms with E-state index in [-0.39, 0.29) is 79.8 Å². The van der Waals surface area contributed by atoms with Gasteiger partial charge in [0, 0.05) is 34.1 Å². The lowest BCUT2D eigenvalue weighted by Crippen LogP contribution is -1.91. The number of nitrogens with one attached hydrogen (secondary N) is 3. The number of hydrogen-bond acceptors (Lipinski definition) is 3. The van der Waals surface area contributed by atoms with E-state index in [1.54, 1.807) is 18.2 Å². The molecule has 0 unspecified atom stereocenters. The predicted octanol–water partition coefficient (Wildman–Crippen LogP) is 24.9. The average Bonchev–Trinajstić information content (AvgIpc) is 0.725. The van der Waals surface area contributed by atoms with Crippen LogP contribution in [0.3, 0.4) is 0 Å². The Hall–Kier alpha value is -12.0. The molecule has 16 aromatic carbocycles. The van der Waals surface area contributed by atoms with Gasteiger partial charge in [-0.2, -0.15) is 0 Å². The van der Waals surface area contributed by atoms with Gasteiger partial charge < -0.3 is 16.0 Å². The molecule has 3 heteroatoms. The first-order valence-corrected chi connectivity index (χ1v) is 27.4. The molecule has 0 aliphatic carbocycles. The summed E-state index contributed by atoms with van der Waals surface area (Å²) in [5.74, 6) is 0. The first kappa shape index (κ1) is 25.6. The third kappa shape index (κ3) is 13.3. The van der Waals surface area contributed by atoms with Crippen molar-refractivity contribution >= 4 is 77.2 Å². The normalized spacial score (nSPS) is 17.8. The summed E-state index contributed by atoms with van der Waals surface area (Å²) in [6.45, 7) is 0. The zero-order valence-corrected chi connectivity index (χ0v) is 46.8. The number of rotatable bonds is 12. The fourth-order valence-corrected chi connectivity index (χ4v) is 9.27. The highest BCUT2D eigenvalue weighted by atomic mass is 14.9. The van der Waals surface area contributed by atoms with Gasteiger partial charge in [0.25, 0.3) is 0 Å². The van der Waals surface area contributed by atoms with Gasteiger partial charge in [0.2, 0.25) is 0 Å². The Bertz CT molecular complexity index is 7610. The molecule has 0 saturated heterocycles. The second kappa shape index (κ2) is 26.9. The van der Waals surface area contributed by atoms with Crippen LogP contribution in [0.15, 0.2) is 375 Å². The summed E-state index contributed by atoms with van der Waals surface area (Å²) in [5.41, 5.74) is -0.325. The summed E-state index contributed by atoms with van der Waals surface area (Å²) in [7, 11) is 0. The van der Waals surface area contributed by atoms with E-state index >= 15 is 0 Å². The number of anilines is 6. The standard InChI is InChI=1S/C32H23N.2C28H21N/c1-3-11-29-23(7-1)9-5-13-31(29)25-15-19-27(20-16-25)33-28-21-17-26(18-22-28)32-14-6-10-24-8-2-4-12-30(24)32;1-2-9-21(10-3-1)23-13-6-15-25(19-23)29-26-16-7-14-24(20-26)28-18-8-12-22-11-4-5-17-27(22)28;1-2-8-21(9-3-1)24-12-6-13-26(20-24)29-25-18-16-23(17-19-25)28-15-7-11-22-10-4-5-14-27(22)28/h1-22,33H;2*1-20,29H/i1D,2D,3D,4D,5D,6D,7D,8D,9D,10D,11D,12D,13D,14D,15D,16D,17D,18D,19D,20D,21D,22D;4D,5D,8D,11D,12D,17D,18D;1D,2D,3D,4D,5D,7D,8D,9D,10D,11D,14D,15D,16D,17D,18D,19D. The van der Waals surface area contributed by atoms with Crippen molar-refractivity contribution in [1.82, 2.24) is 0 Å². The molecule has 16 rings (SSSR count). The molecular formula is C88H65N3. The first-order valence-electron chi connectivity index (χ1n) is 49.9. The Balaban J connectivity index is 0.000000167. The smallest absolute Gasteiger partial charge is 0.0645 e. The van der Waals surface area contributed by atoms with Crippen molar-refractivity contribution in [2.75, 3.05) is 16.0 Å². The lowest BCUT2D eigenvalue weighted by atomic mass is 9.98. The monoisotopic (exact) mass is 1210 g/mol. The summed E-state index contributed by atoms with van der Waals surface area (Å²) in [6, 6.07) is 0.764. The molecule has 0 saturated carbocycles. The van der Waals surface area contributed by atoms with Gasteiger partial charge in [-0.25, -0.2) is 0 Å². The molecule has 0 heterocycles. The zero-order valence-electron chi connectivity index (χ0n) is 91.8. The van der Waals surface area contributed by atoms with E-state index in [2.05, 4.69) is 16.0 Å². The first-order chi connectivity index (χ1) is 63.8. The highest BCUT2D eigenvalue weighted by Crippen LogP contribution is 2.36. The van der Waals surface area contributed by atoms with Crippen molar-refractivity contribution in [1.29, 1.82) is 0 Å². The topological polar surface area (TPSA) is 36.1 Å². The van der Waals surface area contributed by atoms with Gasteiger partial charge in [-0.05, 0) is 183 Å². The highest BCUT2D eigenvalue weighted by molar-refractivity contribution is 6.00. The van der Waals surface area contributed by atoms with Crippen molar-refractivity contribution in [2.24, 2.45) is 0 Å². The van der Waals surface area contributed by atoms with Crippen molar-refractivity contribution in [3.63, 3.8) is 0 Å². The number of benzene rings is 16. The summed E-state index contributed by atoms with van der Waals surface area (Å²) in [5, 5.41) is 5.89. The third-order valence-electron chi connectivity index (χ3n) is 13.5. The molecule has 0 aromatic heterocycles. The van der Waals surface area contributed by atoms with E-state index < -0.39 is 308 Å². The van der Waals surface area contributed by atoms with Gasteiger partial charge in [0.05, 0.1) is 61.7 Å². The minimum Gasteiger partial charge on any atom is -0.356 e. The Morgan fingerprint density at radius 1 is 0.176 bits per heavy atom. The van der Waals surface area contributed by atoms with E-state index in [9.17, 15) is 0 Å². The third-order valence-corrected chi connectivity index (χ3v) is 13.5. The number of fused-ring (bicyclic) bond motifs is 4. The lowest BCUT2D eigenvalue weighted by molar-refractivity contribution is 1.53. The zero-order chi connectivity index (χ0) is 100. The summed E-state index contributed by atoms with van der Waals surface area (Å²) < 4.78 is 379. The molecule has 0 radical (unpaired) electrons. The van der Waals surface area contributed by atoms with Crippen LogP contribution in [0.2, 0.25) is 0 Å². The van der Waals surface area contributed by atoms with E-state index in [0.29, 0.717) is 11.3 Å². The van der Waals surface area contributed by atoms with E-state index in [1.807, 2.05) is 60.7 Å². The molecule has 16 aromatic rings. The van der Waals surface area contributed by atoms with Crippen LogP contribution in [0, 0.1) is 0 Å². The second-order valence-electron chi connectivity index (χ2n) is 19.2. The minimum atomic E-state index is -0.896. The summed E-state index contributed by atoms with van der Waals surface area (Å²) in [6.07, 6.45) is 0. The van der Waals surface area contributed by atoms with Crippen LogP contribution in [-0.2, 0) is 0 Å². The van der Waals surface area contributed by atoms with E-state index in [0.717, 1.165) is 16.8 Å². The predicted molar refractivity (Wildman–Crippen MR) is 391 cm³/mol. The van der Waals surface area contributed by atoms with Gasteiger partial charge in [0.15, 0.2) is 0 Å². The Labute approximate surface area is 596 Å². The van der Waals surface area contributed by atoms with Crippen LogP contribution >= 0.6 is 0 Å². The molecule has 432 valence electrons. The van der Waals surface area contributed by atoms with Crippen molar-refractivity contribution in [3.8, 4) is 66.8 Å². The molecule has 0 fully saturated rings. The Kier molecular flexibility index (Phi) is 7.57. The van der Waals surface area contributed by atoms with Crippen LogP contribution in [0.4, 0.5) is 34.1 Å². The van der Waals surface area contributed by atoms with Gasteiger partial charge in [-0.15, -0.1) is 0 Å². The molecular weight excluding hydrogens is 1100 g/mol. The maximum atomic E-state index is 8.84. The second-order valence-corrected chi connectivity index (χ2v) is 19.2. The molecule has 0 aliphatic rings. The van der Waals surface area contributed by atoms with Crippen molar-refractivity contribution in [2.45, 2.75) is 0 Å². The van der Waals surface area contributed by atoms with Gasteiger partial charge in [0.1, 0.15) is 0 Å². The Morgan fingerprint density at radius 2 is 0.462 bits per heavy atom. The maximum Gasteiger partial charge on any atom is 0.0645 e. The quantitative estimate of drug-likeness (QED) is 0.114. The largest absolute Gasteiger partial charge is 0.356 e. The fraction of sp³-hybridized carbons (Fsp3) is 0. The van der Waals surface area contributed by atoms with Gasteiger partial charge in [-0.1, -0.05) is 302 Å². The Morgan fingerprint density at radius 3 is 0.857 bits per heavy atom. The molecule has 91 heavy (non-hydrogen) atoms. The van der Waals surface area contributed by atoms with Crippen LogP contribution in [0.25, 0.3) is 110 Å². The molecule has 0 atom stereocenters. The summed E-state index contributed by atoms with van der Waals surface area (Å²) in [4.78, 5) is 0. The SMILES string of the molecule is [2H]c1c([2H])c(-c2c([2H])c([2H])c([2H])c3c([2H])c([2H])c([2H])c([2H])c23)c([2H])c([2H])c1Nc1c([2H])c([2H])c(-c2c([2H])c([2H])c([2H])c3c([2H])c([2H])c([2H])c([2H])c23)c([2H])c1[2H].[2H]c1c([2H])c([2H])c(-c2cccc(Nc3c([2H])c([2H])c(-c4c([2H])c([2H])c([2H])c5c([2H])c([2H])c([2H])c([2H])c45)c([2H])c3[2H])c2)c([2H])c1[2H].[2H]c1c([2H])c([2H])c2c(-c3cccc(Nc4cccc(-c5ccccc5)c4)c3)c([2H])c([2H])c([2H])c2c1[2H]. The molecule has 0 amide bonds. The molecule has 3 nitrogen and oxygen atoms in total. The van der Waals surface area contributed by atoms with E-state index in [4.69, 9.17) is 61.7 Å². The highest BCUT2D eigenvalue weighted by Gasteiger charge is 2.10. The molecule has 0 bridgehead atoms. The van der Waals surface area contributed by atoms with Crippen LogP contribution in [-0.4, -0.2) is 0 Å². The fourth-order valence-electron chi connectivity index (χ4n) is 9.27. The number of hydrogen-bond donors (Lipinski definition) is 3. The molecule has 0 spiro atoms. The lowest BCUT2D eigenvalue weighted by Gasteiger charge is -2.12. The van der Waals surface area contributed by atoms with Crippen LogP contribution < -0.4 is 16.0 Å². The summed E-state index contributed by atoms with van der Waals surface area (Å²) >= 11 is 0. The molecule has 3 N–H and O–H groups in total. The van der Waals surface area contributed by atoms with Crippen molar-refractivity contribution < 1.29 is 61.7 Å². The maximum absolute atomic E-state index is 8.84. The van der Waals surface area contributed by atoms with E-state index in [1.165, 1.54) is 24.3 Å². The van der Waals surface area contributed by atoms with Crippen LogP contribution in [0.5, 0.6) is 0 Å². The van der Waals surface area contributed by atoms with Crippen molar-refractivity contribution in [3.05, 3.63) is 375 Å². The van der Waals surface area contributed by atoms with Gasteiger partial charge >= 0.3 is 0 Å². The van der Waals surface area contributed by atoms with Crippen LogP contribution in [0.1, 0.15) is 61.7 Å².